The highest BCUT2D eigenvalue weighted by Gasteiger charge is 2.12. The van der Waals surface area contributed by atoms with Crippen molar-refractivity contribution in [3.05, 3.63) is 23.9 Å². The van der Waals surface area contributed by atoms with Crippen molar-refractivity contribution in [2.75, 3.05) is 31.2 Å². The topological polar surface area (TPSA) is 120 Å². The molecule has 0 aromatic carbocycles. The number of carbonyl (C=O) groups is 2. The number of anilines is 1. The minimum Gasteiger partial charge on any atom is -0.473 e. The van der Waals surface area contributed by atoms with E-state index in [2.05, 4.69) is 9.88 Å². The maximum absolute atomic E-state index is 9.27. The summed E-state index contributed by atoms with van der Waals surface area (Å²) in [5, 5.41) is 24.1. The van der Waals surface area contributed by atoms with Gasteiger partial charge in [0.2, 0.25) is 0 Å². The maximum Gasteiger partial charge on any atom is 0.414 e. The van der Waals surface area contributed by atoms with Gasteiger partial charge in [-0.15, -0.1) is 0 Å². The molecule has 1 saturated heterocycles. The van der Waals surface area contributed by atoms with Crippen LogP contribution in [0.2, 0.25) is 0 Å². The van der Waals surface area contributed by atoms with Crippen LogP contribution in [0, 0.1) is 0 Å². The van der Waals surface area contributed by atoms with E-state index < -0.39 is 11.9 Å². The Hall–Kier alpha value is -2.19. The highest BCUT2D eigenvalue weighted by molar-refractivity contribution is 6.27. The van der Waals surface area contributed by atoms with Crippen molar-refractivity contribution in [3.8, 4) is 0 Å². The fourth-order valence-corrected chi connectivity index (χ4v) is 1.86. The van der Waals surface area contributed by atoms with Crippen LogP contribution in [-0.2, 0) is 20.7 Å². The number of rotatable bonds is 3. The number of hydrogen-bond donors (Lipinski definition) is 3. The molecule has 1 aromatic rings. The molecule has 122 valence electrons. The molecule has 0 spiro atoms. The van der Waals surface area contributed by atoms with Crippen LogP contribution in [0.4, 0.5) is 5.82 Å². The molecule has 0 bridgehead atoms. The maximum atomic E-state index is 9.27. The molecule has 2 rings (SSSR count). The van der Waals surface area contributed by atoms with Crippen LogP contribution >= 0.6 is 0 Å². The Morgan fingerprint density at radius 2 is 1.86 bits per heavy atom. The molecular formula is C14H20N2O6. The first-order valence-electron chi connectivity index (χ1n) is 6.82. The van der Waals surface area contributed by atoms with E-state index in [1.807, 2.05) is 18.3 Å². The van der Waals surface area contributed by atoms with Crippen molar-refractivity contribution in [2.45, 2.75) is 19.4 Å². The summed E-state index contributed by atoms with van der Waals surface area (Å²) in [6, 6.07) is 4.05. The molecule has 0 saturated carbocycles. The number of carboxylic acids is 2. The van der Waals surface area contributed by atoms with E-state index in [0.29, 0.717) is 6.42 Å². The number of aliphatic hydroxyl groups is 1. The van der Waals surface area contributed by atoms with Crippen molar-refractivity contribution in [3.63, 3.8) is 0 Å². The first-order chi connectivity index (χ1) is 10.4. The molecule has 0 aliphatic carbocycles. The summed E-state index contributed by atoms with van der Waals surface area (Å²) >= 11 is 0. The van der Waals surface area contributed by atoms with Crippen molar-refractivity contribution in [2.24, 2.45) is 0 Å². The molecular weight excluding hydrogens is 292 g/mol. The largest absolute Gasteiger partial charge is 0.473 e. The van der Waals surface area contributed by atoms with Gasteiger partial charge in [0, 0.05) is 19.3 Å². The third-order valence-corrected chi connectivity index (χ3v) is 2.86. The lowest BCUT2D eigenvalue weighted by atomic mass is 10.1. The third kappa shape index (κ3) is 6.51. The van der Waals surface area contributed by atoms with Crippen LogP contribution in [0.25, 0.3) is 0 Å². The highest BCUT2D eigenvalue weighted by Crippen LogP contribution is 2.13. The summed E-state index contributed by atoms with van der Waals surface area (Å²) in [6.07, 6.45) is 2.20. The fourth-order valence-electron chi connectivity index (χ4n) is 1.86. The van der Waals surface area contributed by atoms with Crippen LogP contribution in [0.15, 0.2) is 18.3 Å². The smallest absolute Gasteiger partial charge is 0.414 e. The zero-order valence-electron chi connectivity index (χ0n) is 12.3. The van der Waals surface area contributed by atoms with Crippen LogP contribution < -0.4 is 4.90 Å². The lowest BCUT2D eigenvalue weighted by Crippen LogP contribution is -2.36. The summed E-state index contributed by atoms with van der Waals surface area (Å²) < 4.78 is 5.30. The van der Waals surface area contributed by atoms with Gasteiger partial charge in [-0.1, -0.05) is 6.07 Å². The molecule has 8 heteroatoms. The summed E-state index contributed by atoms with van der Waals surface area (Å²) in [7, 11) is 0. The molecule has 3 N–H and O–H groups in total. The zero-order chi connectivity index (χ0) is 16.5. The molecule has 1 aliphatic rings. The number of aliphatic carboxylic acids is 2. The first kappa shape index (κ1) is 17.9. The first-order valence-corrected chi connectivity index (χ1v) is 6.82. The zero-order valence-corrected chi connectivity index (χ0v) is 12.3. The average Bonchev–Trinajstić information content (AvgIpc) is 2.49. The van der Waals surface area contributed by atoms with E-state index in [-0.39, 0.29) is 6.10 Å². The number of carboxylic acid groups (broad SMARTS) is 2. The minimum atomic E-state index is -1.82. The fraction of sp³-hybridized carbons (Fsp3) is 0.500. The molecule has 1 atom stereocenters. The second-order valence-electron chi connectivity index (χ2n) is 4.79. The van der Waals surface area contributed by atoms with Crippen LogP contribution in [-0.4, -0.2) is 64.6 Å². The molecule has 8 nitrogen and oxygen atoms in total. The molecule has 0 unspecified atom stereocenters. The minimum absolute atomic E-state index is 0.309. The van der Waals surface area contributed by atoms with Crippen LogP contribution in [0.1, 0.15) is 12.5 Å². The lowest BCUT2D eigenvalue weighted by molar-refractivity contribution is -0.159. The molecule has 22 heavy (non-hydrogen) atoms. The van der Waals surface area contributed by atoms with E-state index in [0.717, 1.165) is 37.7 Å². The van der Waals surface area contributed by atoms with Crippen LogP contribution in [0.3, 0.4) is 0 Å². The monoisotopic (exact) mass is 312 g/mol. The number of hydrogen-bond acceptors (Lipinski definition) is 6. The molecule has 1 aliphatic heterocycles. The summed E-state index contributed by atoms with van der Waals surface area (Å²) in [5.41, 5.74) is 1.08. The number of morpholine rings is 1. The van der Waals surface area contributed by atoms with Gasteiger partial charge >= 0.3 is 11.9 Å². The van der Waals surface area contributed by atoms with Crippen molar-refractivity contribution < 1.29 is 29.6 Å². The van der Waals surface area contributed by atoms with Gasteiger partial charge in [0.25, 0.3) is 0 Å². The molecule has 1 fully saturated rings. The Morgan fingerprint density at radius 3 is 2.27 bits per heavy atom. The summed E-state index contributed by atoms with van der Waals surface area (Å²) in [5.74, 6) is -2.65. The molecule has 0 amide bonds. The van der Waals surface area contributed by atoms with Crippen molar-refractivity contribution in [1.29, 1.82) is 0 Å². The number of nitrogens with zero attached hydrogens (tertiary/aromatic N) is 2. The van der Waals surface area contributed by atoms with Crippen molar-refractivity contribution in [1.82, 2.24) is 4.98 Å². The quantitative estimate of drug-likeness (QED) is 0.667. The van der Waals surface area contributed by atoms with E-state index in [1.54, 1.807) is 6.92 Å². The Kier molecular flexibility index (Phi) is 7.27. The third-order valence-electron chi connectivity index (χ3n) is 2.86. The van der Waals surface area contributed by atoms with Crippen molar-refractivity contribution >= 4 is 17.8 Å². The number of aromatic nitrogens is 1. The van der Waals surface area contributed by atoms with Gasteiger partial charge in [-0.05, 0) is 25.0 Å². The summed E-state index contributed by atoms with van der Waals surface area (Å²) in [6.45, 7) is 5.15. The molecule has 1 aromatic heterocycles. The Balaban J connectivity index is 0.000000346. The number of aliphatic hydroxyl groups excluding tert-OH is 1. The Morgan fingerprint density at radius 1 is 1.27 bits per heavy atom. The molecule has 0 radical (unpaired) electrons. The van der Waals surface area contributed by atoms with E-state index >= 15 is 0 Å². The van der Waals surface area contributed by atoms with Gasteiger partial charge in [-0.3, -0.25) is 0 Å². The van der Waals surface area contributed by atoms with Gasteiger partial charge < -0.3 is 25.0 Å². The second-order valence-corrected chi connectivity index (χ2v) is 4.79. The Bertz CT molecular complexity index is 471. The van der Waals surface area contributed by atoms with E-state index in [4.69, 9.17) is 24.5 Å². The molecule has 2 heterocycles. The number of ether oxygens (including phenoxy) is 1. The standard InChI is InChI=1S/C12H18N2O2.C2H2O4/c1-10(15)8-11-2-3-12(13-9-11)14-4-6-16-7-5-14;3-1(4)2(5)6/h2-3,9-10,15H,4-8H2,1H3;(H,3,4)(H,5,6)/t10-;/m1./s1. The SMILES string of the molecule is C[C@@H](O)Cc1ccc(N2CCOCC2)nc1.O=C(O)C(=O)O. The number of pyridine rings is 1. The highest BCUT2D eigenvalue weighted by atomic mass is 16.5. The van der Waals surface area contributed by atoms with Gasteiger partial charge in [-0.25, -0.2) is 14.6 Å². The normalized spacial score (nSPS) is 15.5. The predicted molar refractivity (Wildman–Crippen MR) is 77.9 cm³/mol. The summed E-state index contributed by atoms with van der Waals surface area (Å²) in [4.78, 5) is 24.8. The van der Waals surface area contributed by atoms with Gasteiger partial charge in [0.15, 0.2) is 0 Å². The van der Waals surface area contributed by atoms with E-state index in [1.165, 1.54) is 0 Å². The van der Waals surface area contributed by atoms with Gasteiger partial charge in [0.1, 0.15) is 5.82 Å². The van der Waals surface area contributed by atoms with Crippen LogP contribution in [0.5, 0.6) is 0 Å². The average molecular weight is 312 g/mol. The van der Waals surface area contributed by atoms with E-state index in [9.17, 15) is 5.11 Å². The Labute approximate surface area is 128 Å². The second kappa shape index (κ2) is 8.96. The lowest BCUT2D eigenvalue weighted by Gasteiger charge is -2.27. The van der Waals surface area contributed by atoms with Gasteiger partial charge in [-0.2, -0.15) is 0 Å². The van der Waals surface area contributed by atoms with Gasteiger partial charge in [0.05, 0.1) is 19.3 Å². The predicted octanol–water partition coefficient (Wildman–Crippen LogP) is -0.00290.